The number of aliphatic hydroxyl groups excluding tert-OH is 1. The van der Waals surface area contributed by atoms with Gasteiger partial charge in [-0.05, 0) is 48.8 Å². The molecule has 2 N–H and O–H groups in total. The lowest BCUT2D eigenvalue weighted by Crippen LogP contribution is -2.33. The van der Waals surface area contributed by atoms with Crippen LogP contribution in [0.2, 0.25) is 0 Å². The van der Waals surface area contributed by atoms with Gasteiger partial charge in [-0.3, -0.25) is 4.79 Å². The van der Waals surface area contributed by atoms with E-state index in [1.165, 1.54) is 0 Å². The largest absolute Gasteiger partial charge is 0.497 e. The minimum Gasteiger partial charge on any atom is -0.497 e. The molecule has 0 bridgehead atoms. The summed E-state index contributed by atoms with van der Waals surface area (Å²) in [6, 6.07) is 7.87. The van der Waals surface area contributed by atoms with Crippen molar-refractivity contribution in [3.63, 3.8) is 0 Å². The van der Waals surface area contributed by atoms with Crippen LogP contribution in [0.4, 0.5) is 0 Å². The molecule has 122 valence electrons. The Labute approximate surface area is 132 Å². The fourth-order valence-electron chi connectivity index (χ4n) is 3.12. The average Bonchev–Trinajstić information content (AvgIpc) is 2.53. The van der Waals surface area contributed by atoms with Crippen LogP contribution in [-0.2, 0) is 4.79 Å². The molecular weight excluding hydrogens is 278 g/mol. The van der Waals surface area contributed by atoms with Crippen LogP contribution in [0.3, 0.4) is 0 Å². The number of amides is 1. The van der Waals surface area contributed by atoms with Crippen LogP contribution in [0.25, 0.3) is 0 Å². The van der Waals surface area contributed by atoms with Crippen molar-refractivity contribution in [2.24, 2.45) is 5.92 Å². The van der Waals surface area contributed by atoms with Crippen molar-refractivity contribution in [3.05, 3.63) is 29.8 Å². The third-order valence-corrected chi connectivity index (χ3v) is 4.50. The van der Waals surface area contributed by atoms with Gasteiger partial charge in [0.1, 0.15) is 5.75 Å². The lowest BCUT2D eigenvalue weighted by atomic mass is 9.87. The van der Waals surface area contributed by atoms with Crippen LogP contribution in [0.5, 0.6) is 5.75 Å². The molecule has 4 heteroatoms. The molecule has 22 heavy (non-hydrogen) atoms. The molecule has 1 aromatic rings. The molecule has 0 radical (unpaired) electrons. The summed E-state index contributed by atoms with van der Waals surface area (Å²) in [5.74, 6) is 1.48. The molecule has 0 heterocycles. The van der Waals surface area contributed by atoms with Crippen LogP contribution >= 0.6 is 0 Å². The maximum absolute atomic E-state index is 12.1. The molecule has 0 aliphatic heterocycles. The second-order valence-corrected chi connectivity index (χ2v) is 6.37. The van der Waals surface area contributed by atoms with E-state index < -0.39 is 0 Å². The van der Waals surface area contributed by atoms with Crippen LogP contribution in [0.15, 0.2) is 24.3 Å². The SMILES string of the molecule is COc1cccc(C(C)CC(=O)NCC2CCCC(O)C2)c1. The second kappa shape index (κ2) is 8.18. The number of hydrogen-bond acceptors (Lipinski definition) is 3. The molecule has 4 nitrogen and oxygen atoms in total. The number of carbonyl (C=O) groups is 1. The van der Waals surface area contributed by atoms with E-state index in [4.69, 9.17) is 4.74 Å². The monoisotopic (exact) mass is 305 g/mol. The van der Waals surface area contributed by atoms with E-state index in [9.17, 15) is 9.90 Å². The maximum atomic E-state index is 12.1. The molecule has 1 aromatic carbocycles. The highest BCUT2D eigenvalue weighted by Gasteiger charge is 2.21. The van der Waals surface area contributed by atoms with Gasteiger partial charge in [0.15, 0.2) is 0 Å². The van der Waals surface area contributed by atoms with Gasteiger partial charge >= 0.3 is 0 Å². The van der Waals surface area contributed by atoms with Gasteiger partial charge in [0.2, 0.25) is 5.91 Å². The molecule has 1 aliphatic carbocycles. The first-order chi connectivity index (χ1) is 10.6. The Morgan fingerprint density at radius 1 is 1.45 bits per heavy atom. The second-order valence-electron chi connectivity index (χ2n) is 6.37. The topological polar surface area (TPSA) is 58.6 Å². The Balaban J connectivity index is 1.78. The molecule has 3 atom stereocenters. The molecule has 1 aliphatic rings. The van der Waals surface area contributed by atoms with Crippen molar-refractivity contribution in [1.82, 2.24) is 5.32 Å². The number of carbonyl (C=O) groups excluding carboxylic acids is 1. The predicted molar refractivity (Wildman–Crippen MR) is 87.0 cm³/mol. The van der Waals surface area contributed by atoms with E-state index in [0.717, 1.165) is 37.0 Å². The molecule has 1 fully saturated rings. The van der Waals surface area contributed by atoms with Gasteiger partial charge in [-0.15, -0.1) is 0 Å². The van der Waals surface area contributed by atoms with E-state index in [1.807, 2.05) is 24.3 Å². The van der Waals surface area contributed by atoms with E-state index >= 15 is 0 Å². The van der Waals surface area contributed by atoms with Crippen molar-refractivity contribution in [3.8, 4) is 5.75 Å². The standard InChI is InChI=1S/C18H27NO3/c1-13(15-6-4-8-17(11-15)22-2)9-18(21)19-12-14-5-3-7-16(20)10-14/h4,6,8,11,13-14,16,20H,3,5,7,9-10,12H2,1-2H3,(H,19,21). The lowest BCUT2D eigenvalue weighted by molar-refractivity contribution is -0.121. The normalized spacial score (nSPS) is 22.9. The zero-order chi connectivity index (χ0) is 15.9. The van der Waals surface area contributed by atoms with Crippen molar-refractivity contribution in [2.45, 2.75) is 51.0 Å². The van der Waals surface area contributed by atoms with Crippen LogP contribution < -0.4 is 10.1 Å². The third kappa shape index (κ3) is 5.02. The van der Waals surface area contributed by atoms with Gasteiger partial charge in [0.25, 0.3) is 0 Å². The van der Waals surface area contributed by atoms with Crippen LogP contribution in [0, 0.1) is 5.92 Å². The zero-order valence-corrected chi connectivity index (χ0v) is 13.5. The number of benzene rings is 1. The highest BCUT2D eigenvalue weighted by molar-refractivity contribution is 5.76. The Morgan fingerprint density at radius 3 is 3.00 bits per heavy atom. The first-order valence-corrected chi connectivity index (χ1v) is 8.17. The summed E-state index contributed by atoms with van der Waals surface area (Å²) in [5.41, 5.74) is 1.11. The van der Waals surface area contributed by atoms with Crippen molar-refractivity contribution in [2.75, 3.05) is 13.7 Å². The lowest BCUT2D eigenvalue weighted by Gasteiger charge is -2.26. The minimum absolute atomic E-state index is 0.0791. The van der Waals surface area contributed by atoms with E-state index in [1.54, 1.807) is 7.11 Å². The summed E-state index contributed by atoms with van der Waals surface area (Å²) in [7, 11) is 1.65. The summed E-state index contributed by atoms with van der Waals surface area (Å²) in [6.07, 6.45) is 4.15. The summed E-state index contributed by atoms with van der Waals surface area (Å²) in [4.78, 5) is 12.1. The average molecular weight is 305 g/mol. The highest BCUT2D eigenvalue weighted by Crippen LogP contribution is 2.25. The van der Waals surface area contributed by atoms with E-state index in [-0.39, 0.29) is 17.9 Å². The Hall–Kier alpha value is -1.55. The summed E-state index contributed by atoms with van der Waals surface area (Å²) in [6.45, 7) is 2.74. The Morgan fingerprint density at radius 2 is 2.27 bits per heavy atom. The zero-order valence-electron chi connectivity index (χ0n) is 13.5. The van der Waals surface area contributed by atoms with Gasteiger partial charge < -0.3 is 15.2 Å². The van der Waals surface area contributed by atoms with Gasteiger partial charge in [-0.25, -0.2) is 0 Å². The molecule has 0 aromatic heterocycles. The van der Waals surface area contributed by atoms with Crippen LogP contribution in [0.1, 0.15) is 50.5 Å². The van der Waals surface area contributed by atoms with E-state index in [0.29, 0.717) is 18.9 Å². The number of rotatable bonds is 6. The number of methoxy groups -OCH3 is 1. The number of hydrogen-bond donors (Lipinski definition) is 2. The van der Waals surface area contributed by atoms with Gasteiger partial charge in [0, 0.05) is 13.0 Å². The van der Waals surface area contributed by atoms with E-state index in [2.05, 4.69) is 12.2 Å². The van der Waals surface area contributed by atoms with Crippen molar-refractivity contribution < 1.29 is 14.6 Å². The molecule has 0 saturated heterocycles. The number of aliphatic hydroxyl groups is 1. The minimum atomic E-state index is -0.189. The first kappa shape index (κ1) is 16.8. The van der Waals surface area contributed by atoms with Crippen LogP contribution in [-0.4, -0.2) is 30.8 Å². The third-order valence-electron chi connectivity index (χ3n) is 4.50. The summed E-state index contributed by atoms with van der Waals surface area (Å²) < 4.78 is 5.22. The maximum Gasteiger partial charge on any atom is 0.220 e. The Kier molecular flexibility index (Phi) is 6.25. The van der Waals surface area contributed by atoms with Crippen molar-refractivity contribution >= 4 is 5.91 Å². The molecule has 0 spiro atoms. The number of nitrogens with one attached hydrogen (secondary N) is 1. The Bertz CT molecular complexity index is 489. The molecule has 3 unspecified atom stereocenters. The highest BCUT2D eigenvalue weighted by atomic mass is 16.5. The first-order valence-electron chi connectivity index (χ1n) is 8.17. The molecule has 1 amide bonds. The fraction of sp³-hybridized carbons (Fsp3) is 0.611. The van der Waals surface area contributed by atoms with Crippen molar-refractivity contribution in [1.29, 1.82) is 0 Å². The molecule has 1 saturated carbocycles. The quantitative estimate of drug-likeness (QED) is 0.849. The fourth-order valence-corrected chi connectivity index (χ4v) is 3.12. The summed E-state index contributed by atoms with van der Waals surface area (Å²) in [5, 5.41) is 12.7. The summed E-state index contributed by atoms with van der Waals surface area (Å²) >= 11 is 0. The smallest absolute Gasteiger partial charge is 0.220 e. The number of ether oxygens (including phenoxy) is 1. The van der Waals surface area contributed by atoms with Gasteiger partial charge in [-0.2, -0.15) is 0 Å². The predicted octanol–water partition coefficient (Wildman–Crippen LogP) is 2.86. The van der Waals surface area contributed by atoms with Gasteiger partial charge in [0.05, 0.1) is 13.2 Å². The van der Waals surface area contributed by atoms with Gasteiger partial charge in [-0.1, -0.05) is 25.5 Å². The molecular formula is C18H27NO3. The molecule has 2 rings (SSSR count).